The molecule has 0 spiro atoms. The second kappa shape index (κ2) is 2.60. The zero-order valence-corrected chi connectivity index (χ0v) is 5.94. The van der Waals surface area contributed by atoms with E-state index in [4.69, 9.17) is 4.74 Å². The average Bonchev–Trinajstić information content (AvgIpc) is 1.95. The van der Waals surface area contributed by atoms with Gasteiger partial charge in [-0.15, -0.1) is 0 Å². The van der Waals surface area contributed by atoms with Crippen LogP contribution in [0.2, 0.25) is 0 Å². The molecule has 4 nitrogen and oxygen atoms in total. The van der Waals surface area contributed by atoms with Crippen molar-refractivity contribution >= 4 is 5.90 Å². The second-order valence-electron chi connectivity index (χ2n) is 2.04. The van der Waals surface area contributed by atoms with E-state index in [1.165, 1.54) is 7.11 Å². The van der Waals surface area contributed by atoms with Gasteiger partial charge in [0.2, 0.25) is 0 Å². The number of hydrogen-bond donors (Lipinski definition) is 0. The Balaban J connectivity index is 2.76. The van der Waals surface area contributed by atoms with E-state index in [0.717, 1.165) is 0 Å². The first-order valence-electron chi connectivity index (χ1n) is 3.01. The van der Waals surface area contributed by atoms with Crippen molar-refractivity contribution in [3.05, 3.63) is 17.1 Å². The normalized spacial score (nSPS) is 24.4. The topological polar surface area (TPSA) is 41.7 Å². The zero-order chi connectivity index (χ0) is 7.56. The summed E-state index contributed by atoms with van der Waals surface area (Å²) in [6.07, 6.45) is 3.41. The lowest BCUT2D eigenvalue weighted by Gasteiger charge is -1.99. The van der Waals surface area contributed by atoms with Gasteiger partial charge in [-0.3, -0.25) is 0 Å². The minimum absolute atomic E-state index is 0.182. The van der Waals surface area contributed by atoms with Gasteiger partial charge < -0.3 is 4.74 Å². The summed E-state index contributed by atoms with van der Waals surface area (Å²) in [6.45, 7) is 1.76. The molecule has 1 heterocycles. The van der Waals surface area contributed by atoms with E-state index >= 15 is 0 Å². The third kappa shape index (κ3) is 1.21. The lowest BCUT2D eigenvalue weighted by atomic mass is 10.3. The predicted molar refractivity (Wildman–Crippen MR) is 36.7 cm³/mol. The highest BCUT2D eigenvalue weighted by Gasteiger charge is 2.21. The molecule has 10 heavy (non-hydrogen) atoms. The maximum atomic E-state index is 10.8. The van der Waals surface area contributed by atoms with E-state index in [1.807, 2.05) is 0 Å². The van der Waals surface area contributed by atoms with Crippen molar-refractivity contribution in [1.29, 1.82) is 0 Å². The van der Waals surface area contributed by atoms with Gasteiger partial charge in [0, 0.05) is 13.0 Å². The molecule has 1 rings (SSSR count). The van der Waals surface area contributed by atoms with Gasteiger partial charge >= 0.3 is 0 Å². The molecule has 0 amide bonds. The summed E-state index contributed by atoms with van der Waals surface area (Å²) in [7, 11) is 1.48. The highest BCUT2D eigenvalue weighted by Crippen LogP contribution is 2.01. The van der Waals surface area contributed by atoms with Gasteiger partial charge in [0.05, 0.1) is 17.1 Å². The molecule has 0 aromatic carbocycles. The van der Waals surface area contributed by atoms with E-state index in [-0.39, 0.29) is 6.04 Å². The number of hydrogen-bond acceptors (Lipinski definition) is 2. The predicted octanol–water partition coefficient (Wildman–Crippen LogP) is 0.683. The van der Waals surface area contributed by atoms with Crippen molar-refractivity contribution < 1.29 is 9.61 Å². The first-order chi connectivity index (χ1) is 4.74. The molecule has 0 aromatic heterocycles. The molecule has 0 aromatic rings. The molecule has 4 heteroatoms. The maximum absolute atomic E-state index is 10.8. The van der Waals surface area contributed by atoms with Crippen LogP contribution in [-0.2, 0) is 4.74 Å². The summed E-state index contributed by atoms with van der Waals surface area (Å²) in [5.74, 6) is 0.355. The van der Waals surface area contributed by atoms with Crippen molar-refractivity contribution in [3.63, 3.8) is 0 Å². The van der Waals surface area contributed by atoms with Crippen LogP contribution in [-0.4, -0.2) is 23.9 Å². The van der Waals surface area contributed by atoms with Crippen molar-refractivity contribution in [2.75, 3.05) is 7.11 Å². The summed E-state index contributed by atoms with van der Waals surface area (Å²) >= 11 is 0. The summed E-state index contributed by atoms with van der Waals surface area (Å²) in [5.41, 5.74) is 0. The Morgan fingerprint density at radius 1 is 1.80 bits per heavy atom. The van der Waals surface area contributed by atoms with Crippen LogP contribution in [0.1, 0.15) is 6.92 Å². The van der Waals surface area contributed by atoms with Crippen molar-refractivity contribution in [3.8, 4) is 0 Å². The van der Waals surface area contributed by atoms with E-state index < -0.39 is 0 Å². The molecular weight excluding hydrogens is 132 g/mol. The first kappa shape index (κ1) is 6.92. The lowest BCUT2D eigenvalue weighted by molar-refractivity contribution is -0.578. The molecule has 0 saturated heterocycles. The van der Waals surface area contributed by atoms with E-state index in [9.17, 15) is 4.91 Å². The minimum Gasteiger partial charge on any atom is -0.477 e. The Kier molecular flexibility index (Phi) is 1.80. The Hall–Kier alpha value is -1.19. The molecule has 0 aliphatic carbocycles. The summed E-state index contributed by atoms with van der Waals surface area (Å²) in [6, 6.07) is -0.182. The van der Waals surface area contributed by atoms with Crippen LogP contribution in [0, 0.1) is 4.91 Å². The summed E-state index contributed by atoms with van der Waals surface area (Å²) in [4.78, 5) is 11.4. The maximum Gasteiger partial charge on any atom is 0.283 e. The van der Waals surface area contributed by atoms with Crippen molar-refractivity contribution in [2.45, 2.75) is 13.0 Å². The second-order valence-corrected chi connectivity index (χ2v) is 2.04. The van der Waals surface area contributed by atoms with E-state index in [1.54, 1.807) is 19.1 Å². The van der Waals surface area contributed by atoms with Gasteiger partial charge in [0.25, 0.3) is 11.9 Å². The fourth-order valence-corrected chi connectivity index (χ4v) is 0.626. The fraction of sp³-hybridized carbons (Fsp3) is 0.500. The molecule has 1 unspecified atom stereocenters. The highest BCUT2D eigenvalue weighted by atomic mass is 16.5. The quantitative estimate of drug-likeness (QED) is 0.465. The van der Waals surface area contributed by atoms with E-state index in [0.29, 0.717) is 10.8 Å². The van der Waals surface area contributed by atoms with Crippen molar-refractivity contribution in [1.82, 2.24) is 0 Å². The van der Waals surface area contributed by atoms with Crippen LogP contribution < -0.4 is 0 Å². The van der Waals surface area contributed by atoms with Crippen molar-refractivity contribution in [2.24, 2.45) is 5.10 Å². The standard InChI is InChI=1S/C6H9N2O2/c1-5-3-4-6(10-2)7-8(5)9/h3-5H,1-2H3/q+1. The third-order valence-corrected chi connectivity index (χ3v) is 1.27. The fourth-order valence-electron chi connectivity index (χ4n) is 0.626. The van der Waals surface area contributed by atoms with Gasteiger partial charge in [0.15, 0.2) is 4.87 Å². The van der Waals surface area contributed by atoms with Gasteiger partial charge in [-0.2, -0.15) is 0 Å². The summed E-state index contributed by atoms with van der Waals surface area (Å²) in [5, 5.41) is 3.57. The van der Waals surface area contributed by atoms with Gasteiger partial charge in [-0.25, -0.2) is 0 Å². The lowest BCUT2D eigenvalue weighted by Crippen LogP contribution is -2.19. The van der Waals surface area contributed by atoms with Gasteiger partial charge in [0.1, 0.15) is 0 Å². The van der Waals surface area contributed by atoms with Crippen LogP contribution in [0.15, 0.2) is 17.3 Å². The number of nitroso groups, excluding NO2 is 1. The molecule has 0 saturated carbocycles. The zero-order valence-electron chi connectivity index (χ0n) is 5.94. The Morgan fingerprint density at radius 3 is 3.00 bits per heavy atom. The Labute approximate surface area is 58.8 Å². The number of methoxy groups -OCH3 is 1. The Morgan fingerprint density at radius 2 is 2.50 bits per heavy atom. The third-order valence-electron chi connectivity index (χ3n) is 1.27. The SMILES string of the molecule is COC1=N[N+](=O)C(C)C=C1. The number of rotatable bonds is 0. The van der Waals surface area contributed by atoms with Crippen LogP contribution in [0.5, 0.6) is 0 Å². The van der Waals surface area contributed by atoms with Crippen LogP contribution >= 0.6 is 0 Å². The number of ether oxygens (including phenoxy) is 1. The largest absolute Gasteiger partial charge is 0.477 e. The molecule has 1 aliphatic heterocycles. The minimum atomic E-state index is -0.182. The highest BCUT2D eigenvalue weighted by molar-refractivity contribution is 5.87. The first-order valence-corrected chi connectivity index (χ1v) is 3.01. The smallest absolute Gasteiger partial charge is 0.283 e. The van der Waals surface area contributed by atoms with Gasteiger partial charge in [-0.05, 0) is 6.08 Å². The van der Waals surface area contributed by atoms with Gasteiger partial charge in [-0.1, -0.05) is 0 Å². The molecule has 54 valence electrons. The van der Waals surface area contributed by atoms with Crippen LogP contribution in [0.3, 0.4) is 0 Å². The number of nitrogens with zero attached hydrogens (tertiary/aromatic N) is 2. The van der Waals surface area contributed by atoms with Crippen LogP contribution in [0.25, 0.3) is 0 Å². The summed E-state index contributed by atoms with van der Waals surface area (Å²) < 4.78 is 4.73. The molecule has 0 fully saturated rings. The molecule has 0 bridgehead atoms. The number of hydrazone groups is 1. The molecule has 0 radical (unpaired) electrons. The van der Waals surface area contributed by atoms with E-state index in [2.05, 4.69) is 5.10 Å². The molecule has 1 aliphatic rings. The van der Waals surface area contributed by atoms with Crippen LogP contribution in [0.4, 0.5) is 0 Å². The Bertz CT molecular complexity index is 208. The monoisotopic (exact) mass is 141 g/mol. The molecular formula is C6H9N2O2+. The average molecular weight is 141 g/mol. The molecule has 1 atom stereocenters. The molecule has 0 N–H and O–H groups in total.